The van der Waals surface area contributed by atoms with E-state index in [0.717, 1.165) is 25.2 Å². The molecule has 0 amide bonds. The lowest BCUT2D eigenvalue weighted by atomic mass is 10.1. The number of nitrogens with zero attached hydrogens (tertiary/aromatic N) is 1. The van der Waals surface area contributed by atoms with Crippen LogP contribution < -0.4 is 10.2 Å². The molecule has 0 bridgehead atoms. The molecule has 5 heteroatoms. The van der Waals surface area contributed by atoms with Gasteiger partial charge in [-0.3, -0.25) is 9.69 Å². The second-order valence-corrected chi connectivity index (χ2v) is 6.05. The van der Waals surface area contributed by atoms with Gasteiger partial charge in [0, 0.05) is 12.1 Å². The molecule has 24 heavy (non-hydrogen) atoms. The predicted molar refractivity (Wildman–Crippen MR) is 98.3 cm³/mol. The van der Waals surface area contributed by atoms with E-state index < -0.39 is 0 Å². The fourth-order valence-electron chi connectivity index (χ4n) is 3.41. The van der Waals surface area contributed by atoms with Crippen LogP contribution in [0, 0.1) is 0 Å². The molecule has 126 valence electrons. The normalized spacial score (nSPS) is 14.9. The van der Waals surface area contributed by atoms with Crippen LogP contribution >= 0.6 is 12.4 Å². The van der Waals surface area contributed by atoms with Crippen LogP contribution in [0.4, 0.5) is 0 Å². The highest BCUT2D eigenvalue weighted by atomic mass is 35.5. The Morgan fingerprint density at radius 3 is 2.58 bits per heavy atom. The summed E-state index contributed by atoms with van der Waals surface area (Å²) in [5.74, 6) is 0.678. The molecule has 1 aromatic heterocycles. The molecule has 1 fully saturated rings. The quantitative estimate of drug-likeness (QED) is 0.673. The number of benzene rings is 2. The van der Waals surface area contributed by atoms with Crippen LogP contribution in [0.15, 0.2) is 45.6 Å². The average Bonchev–Trinajstić information content (AvgIpc) is 3.08. The van der Waals surface area contributed by atoms with E-state index in [1.165, 1.54) is 12.8 Å². The van der Waals surface area contributed by atoms with E-state index in [1.54, 1.807) is 13.2 Å². The molecule has 0 atom stereocenters. The SMILES string of the molecule is COc1c(CN2CCCC2)ccc2c(=O)c3ccccc3oc12.Cl. The third-order valence-electron chi connectivity index (χ3n) is 4.58. The van der Waals surface area contributed by atoms with E-state index in [9.17, 15) is 4.79 Å². The number of ether oxygens (including phenoxy) is 1. The summed E-state index contributed by atoms with van der Waals surface area (Å²) in [5, 5.41) is 1.18. The van der Waals surface area contributed by atoms with Crippen molar-refractivity contribution in [2.24, 2.45) is 0 Å². The Labute approximate surface area is 146 Å². The molecule has 2 heterocycles. The zero-order chi connectivity index (χ0) is 15.8. The van der Waals surface area contributed by atoms with E-state index >= 15 is 0 Å². The molecule has 3 aromatic rings. The molecule has 0 radical (unpaired) electrons. The summed E-state index contributed by atoms with van der Waals surface area (Å²) in [7, 11) is 1.64. The van der Waals surface area contributed by atoms with Gasteiger partial charge in [-0.25, -0.2) is 0 Å². The number of rotatable bonds is 3. The van der Waals surface area contributed by atoms with Gasteiger partial charge in [-0.1, -0.05) is 18.2 Å². The van der Waals surface area contributed by atoms with Gasteiger partial charge in [-0.15, -0.1) is 12.4 Å². The van der Waals surface area contributed by atoms with Crippen molar-refractivity contribution < 1.29 is 9.15 Å². The molecule has 1 aliphatic rings. The number of hydrogen-bond donors (Lipinski definition) is 0. The summed E-state index contributed by atoms with van der Waals surface area (Å²) in [5.41, 5.74) is 2.21. The maximum atomic E-state index is 12.7. The Morgan fingerprint density at radius 2 is 1.83 bits per heavy atom. The van der Waals surface area contributed by atoms with Crippen LogP contribution in [0.25, 0.3) is 21.9 Å². The van der Waals surface area contributed by atoms with Crippen molar-refractivity contribution in [1.29, 1.82) is 0 Å². The lowest BCUT2D eigenvalue weighted by Crippen LogP contribution is -2.19. The molecule has 0 aliphatic carbocycles. The molecule has 4 rings (SSSR count). The summed E-state index contributed by atoms with van der Waals surface area (Å²) in [4.78, 5) is 15.1. The molecule has 4 nitrogen and oxygen atoms in total. The Morgan fingerprint density at radius 1 is 1.08 bits per heavy atom. The topological polar surface area (TPSA) is 42.7 Å². The van der Waals surface area contributed by atoms with Gasteiger partial charge < -0.3 is 9.15 Å². The highest BCUT2D eigenvalue weighted by Gasteiger charge is 2.18. The van der Waals surface area contributed by atoms with Gasteiger partial charge in [-0.2, -0.15) is 0 Å². The van der Waals surface area contributed by atoms with Crippen LogP contribution in [-0.4, -0.2) is 25.1 Å². The second kappa shape index (κ2) is 6.83. The Balaban J connectivity index is 0.00000169. The monoisotopic (exact) mass is 345 g/mol. The maximum absolute atomic E-state index is 12.7. The maximum Gasteiger partial charge on any atom is 0.200 e. The number of halogens is 1. The molecule has 0 saturated carbocycles. The van der Waals surface area contributed by atoms with Crippen molar-refractivity contribution >= 4 is 34.3 Å². The third-order valence-corrected chi connectivity index (χ3v) is 4.58. The third kappa shape index (κ3) is 2.76. The lowest BCUT2D eigenvalue weighted by molar-refractivity contribution is 0.321. The van der Waals surface area contributed by atoms with Gasteiger partial charge in [0.2, 0.25) is 5.43 Å². The van der Waals surface area contributed by atoms with E-state index in [-0.39, 0.29) is 17.8 Å². The molecular weight excluding hydrogens is 326 g/mol. The van der Waals surface area contributed by atoms with Crippen LogP contribution in [0.1, 0.15) is 18.4 Å². The molecule has 1 saturated heterocycles. The van der Waals surface area contributed by atoms with Crippen molar-refractivity contribution in [3.63, 3.8) is 0 Å². The van der Waals surface area contributed by atoms with Crippen molar-refractivity contribution in [3.8, 4) is 5.75 Å². The summed E-state index contributed by atoms with van der Waals surface area (Å²) < 4.78 is 11.6. The molecule has 1 aliphatic heterocycles. The van der Waals surface area contributed by atoms with Gasteiger partial charge >= 0.3 is 0 Å². The van der Waals surface area contributed by atoms with Gasteiger partial charge in [0.25, 0.3) is 0 Å². The predicted octanol–water partition coefficient (Wildman–Crippen LogP) is 3.97. The zero-order valence-electron chi connectivity index (χ0n) is 13.6. The molecule has 0 unspecified atom stereocenters. The molecule has 0 spiro atoms. The van der Waals surface area contributed by atoms with Gasteiger partial charge in [0.1, 0.15) is 5.58 Å². The van der Waals surface area contributed by atoms with Gasteiger partial charge in [0.15, 0.2) is 11.3 Å². The highest BCUT2D eigenvalue weighted by molar-refractivity contribution is 5.93. The smallest absolute Gasteiger partial charge is 0.200 e. The van der Waals surface area contributed by atoms with E-state index in [2.05, 4.69) is 4.90 Å². The summed E-state index contributed by atoms with van der Waals surface area (Å²) in [6.45, 7) is 3.06. The second-order valence-electron chi connectivity index (χ2n) is 6.05. The first-order valence-electron chi connectivity index (χ1n) is 8.02. The fraction of sp³-hybridized carbons (Fsp3) is 0.316. The first-order valence-corrected chi connectivity index (χ1v) is 8.02. The summed E-state index contributed by atoms with van der Waals surface area (Å²) >= 11 is 0. The number of hydrogen-bond acceptors (Lipinski definition) is 4. The lowest BCUT2D eigenvalue weighted by Gasteiger charge is -2.17. The number of para-hydroxylation sites is 1. The largest absolute Gasteiger partial charge is 0.492 e. The highest BCUT2D eigenvalue weighted by Crippen LogP contribution is 2.32. The van der Waals surface area contributed by atoms with Crippen LogP contribution in [0.2, 0.25) is 0 Å². The van der Waals surface area contributed by atoms with E-state index in [0.29, 0.717) is 27.7 Å². The van der Waals surface area contributed by atoms with Crippen LogP contribution in [0.5, 0.6) is 5.75 Å². The average molecular weight is 346 g/mol. The molecule has 0 N–H and O–H groups in total. The number of likely N-dealkylation sites (tertiary alicyclic amines) is 1. The Kier molecular flexibility index (Phi) is 4.78. The van der Waals surface area contributed by atoms with Crippen molar-refractivity contribution in [2.45, 2.75) is 19.4 Å². The molecular formula is C19H20ClNO3. The van der Waals surface area contributed by atoms with Gasteiger partial charge in [0.05, 0.1) is 17.9 Å². The zero-order valence-corrected chi connectivity index (χ0v) is 14.4. The van der Waals surface area contributed by atoms with Crippen molar-refractivity contribution in [2.75, 3.05) is 20.2 Å². The van der Waals surface area contributed by atoms with E-state index in [4.69, 9.17) is 9.15 Å². The number of fused-ring (bicyclic) bond motifs is 2. The van der Waals surface area contributed by atoms with E-state index in [1.807, 2.05) is 30.3 Å². The summed E-state index contributed by atoms with van der Waals surface area (Å²) in [6, 6.07) is 11.2. The Hall–Kier alpha value is -2.04. The fourth-order valence-corrected chi connectivity index (χ4v) is 3.41. The minimum Gasteiger partial charge on any atom is -0.492 e. The van der Waals surface area contributed by atoms with Crippen LogP contribution in [0.3, 0.4) is 0 Å². The minimum atomic E-state index is -0.00660. The van der Waals surface area contributed by atoms with Gasteiger partial charge in [-0.05, 0) is 44.1 Å². The first-order chi connectivity index (χ1) is 11.3. The number of methoxy groups -OCH3 is 1. The van der Waals surface area contributed by atoms with Crippen molar-refractivity contribution in [3.05, 3.63) is 52.2 Å². The summed E-state index contributed by atoms with van der Waals surface area (Å²) in [6.07, 6.45) is 2.49. The first kappa shape index (κ1) is 16.8. The van der Waals surface area contributed by atoms with Crippen LogP contribution in [-0.2, 0) is 6.54 Å². The minimum absolute atomic E-state index is 0. The standard InChI is InChI=1S/C19H19NO3.ClH/c1-22-18-13(12-20-10-4-5-11-20)8-9-15-17(21)14-6-2-3-7-16(14)23-19(15)18;/h2-3,6-9H,4-5,10-12H2,1H3;1H. The van der Waals surface area contributed by atoms with Crippen molar-refractivity contribution in [1.82, 2.24) is 4.90 Å². The Bertz CT molecular complexity index is 929. The molecule has 2 aromatic carbocycles.